The van der Waals surface area contributed by atoms with Gasteiger partial charge in [0, 0.05) is 0 Å². The van der Waals surface area contributed by atoms with E-state index in [9.17, 15) is 24.9 Å². The molecule has 0 radical (unpaired) electrons. The molecule has 5 rings (SSSR count). The zero-order valence-corrected chi connectivity index (χ0v) is 22.6. The van der Waals surface area contributed by atoms with E-state index in [1.54, 1.807) is 0 Å². The van der Waals surface area contributed by atoms with Gasteiger partial charge in [-0.25, -0.2) is 0 Å². The molecule has 0 amide bonds. The Bertz CT molecular complexity index is 979. The van der Waals surface area contributed by atoms with E-state index < -0.39 is 28.2 Å². The van der Waals surface area contributed by atoms with Crippen molar-refractivity contribution in [3.63, 3.8) is 0 Å². The van der Waals surface area contributed by atoms with Gasteiger partial charge in [0.05, 0.1) is 16.9 Å². The quantitative estimate of drug-likeness (QED) is 0.398. The summed E-state index contributed by atoms with van der Waals surface area (Å²) < 4.78 is 0. The van der Waals surface area contributed by atoms with E-state index in [4.69, 9.17) is 0 Å². The second kappa shape index (κ2) is 7.36. The number of hydrogen-bond donors (Lipinski definition) is 3. The van der Waals surface area contributed by atoms with Gasteiger partial charge in [-0.15, -0.1) is 0 Å². The Labute approximate surface area is 210 Å². The van der Waals surface area contributed by atoms with Crippen LogP contribution in [0.1, 0.15) is 106 Å². The number of aliphatic hydroxyl groups is 1. The van der Waals surface area contributed by atoms with Crippen LogP contribution < -0.4 is 0 Å². The molecule has 0 aromatic rings. The van der Waals surface area contributed by atoms with Gasteiger partial charge in [0.15, 0.2) is 0 Å². The van der Waals surface area contributed by atoms with E-state index in [-0.39, 0.29) is 34.2 Å². The topological polar surface area (TPSA) is 94.8 Å². The number of aliphatic carboxylic acids is 2. The molecule has 35 heavy (non-hydrogen) atoms. The van der Waals surface area contributed by atoms with Gasteiger partial charge in [-0.3, -0.25) is 9.59 Å². The van der Waals surface area contributed by atoms with Crippen LogP contribution in [-0.4, -0.2) is 33.4 Å². The lowest BCUT2D eigenvalue weighted by Gasteiger charge is -2.70. The molecule has 196 valence electrons. The largest absolute Gasteiger partial charge is 0.481 e. The number of aliphatic hydroxyl groups excluding tert-OH is 1. The predicted octanol–water partition coefficient (Wildman–Crippen LogP) is 6.30. The SMILES string of the molecule is CC1(C)CC[C@]2(C(=O)O)CC[C@]3(C(=O)O)C(=CC[C@H]4[C@@]5(C)CC[C@H](O)C(C)(C)[C@H]5CC[C@]43C)[C@@H]2C1. The van der Waals surface area contributed by atoms with Crippen molar-refractivity contribution in [3.8, 4) is 0 Å². The van der Waals surface area contributed by atoms with Crippen LogP contribution in [0.5, 0.6) is 0 Å². The van der Waals surface area contributed by atoms with E-state index in [1.165, 1.54) is 0 Å². The lowest BCUT2D eigenvalue weighted by Crippen LogP contribution is -2.67. The summed E-state index contributed by atoms with van der Waals surface area (Å²) >= 11 is 0. The Kier molecular flexibility index (Phi) is 5.32. The summed E-state index contributed by atoms with van der Waals surface area (Å²) in [6.45, 7) is 13.4. The van der Waals surface area contributed by atoms with Gasteiger partial charge in [0.2, 0.25) is 0 Å². The molecule has 5 aliphatic carbocycles. The summed E-state index contributed by atoms with van der Waals surface area (Å²) in [4.78, 5) is 26.3. The van der Waals surface area contributed by atoms with Crippen LogP contribution in [0.4, 0.5) is 0 Å². The van der Waals surface area contributed by atoms with Gasteiger partial charge in [0.1, 0.15) is 0 Å². The Morgan fingerprint density at radius 1 is 0.829 bits per heavy atom. The molecule has 0 aromatic heterocycles. The highest BCUT2D eigenvalue weighted by molar-refractivity contribution is 5.84. The summed E-state index contributed by atoms with van der Waals surface area (Å²) in [7, 11) is 0. The number of carboxylic acids is 2. The van der Waals surface area contributed by atoms with Crippen molar-refractivity contribution in [2.75, 3.05) is 0 Å². The van der Waals surface area contributed by atoms with Crippen LogP contribution in [0.25, 0.3) is 0 Å². The molecule has 3 N–H and O–H groups in total. The van der Waals surface area contributed by atoms with Crippen molar-refractivity contribution < 1.29 is 24.9 Å². The van der Waals surface area contributed by atoms with E-state index in [2.05, 4.69) is 47.6 Å². The Balaban J connectivity index is 1.67. The smallest absolute Gasteiger partial charge is 0.314 e. The van der Waals surface area contributed by atoms with Crippen molar-refractivity contribution in [1.29, 1.82) is 0 Å². The normalized spacial score (nSPS) is 50.0. The minimum atomic E-state index is -0.999. The summed E-state index contributed by atoms with van der Waals surface area (Å²) in [5.41, 5.74) is -1.51. The first-order valence-electron chi connectivity index (χ1n) is 13.9. The first-order valence-corrected chi connectivity index (χ1v) is 13.9. The van der Waals surface area contributed by atoms with E-state index in [1.807, 2.05) is 0 Å². The van der Waals surface area contributed by atoms with Gasteiger partial charge in [-0.05, 0) is 104 Å². The predicted molar refractivity (Wildman–Crippen MR) is 135 cm³/mol. The average molecular weight is 487 g/mol. The van der Waals surface area contributed by atoms with Crippen LogP contribution in [0.3, 0.4) is 0 Å². The van der Waals surface area contributed by atoms with E-state index in [0.29, 0.717) is 25.2 Å². The molecule has 0 unspecified atom stereocenters. The van der Waals surface area contributed by atoms with Crippen LogP contribution in [0, 0.1) is 50.2 Å². The highest BCUT2D eigenvalue weighted by Gasteiger charge is 2.73. The van der Waals surface area contributed by atoms with Gasteiger partial charge in [-0.2, -0.15) is 0 Å². The summed E-state index contributed by atoms with van der Waals surface area (Å²) in [6.07, 6.45) is 9.32. The highest BCUT2D eigenvalue weighted by atomic mass is 16.4. The average Bonchev–Trinajstić information content (AvgIpc) is 2.75. The van der Waals surface area contributed by atoms with Gasteiger partial charge in [0.25, 0.3) is 0 Å². The lowest BCUT2D eigenvalue weighted by molar-refractivity contribution is -0.215. The van der Waals surface area contributed by atoms with Gasteiger partial charge < -0.3 is 15.3 Å². The number of rotatable bonds is 2. The molecular weight excluding hydrogens is 440 g/mol. The molecule has 0 aliphatic heterocycles. The molecule has 4 fully saturated rings. The second-order valence-corrected chi connectivity index (χ2v) is 14.9. The minimum Gasteiger partial charge on any atom is -0.481 e. The fourth-order valence-corrected chi connectivity index (χ4v) is 10.7. The third kappa shape index (κ3) is 2.97. The van der Waals surface area contributed by atoms with Crippen molar-refractivity contribution in [2.24, 2.45) is 50.2 Å². The van der Waals surface area contributed by atoms with Gasteiger partial charge in [-0.1, -0.05) is 53.2 Å². The maximum atomic E-state index is 13.5. The molecule has 8 atom stereocenters. The van der Waals surface area contributed by atoms with Crippen molar-refractivity contribution in [1.82, 2.24) is 0 Å². The van der Waals surface area contributed by atoms with Gasteiger partial charge >= 0.3 is 11.9 Å². The van der Waals surface area contributed by atoms with Crippen LogP contribution in [-0.2, 0) is 9.59 Å². The van der Waals surface area contributed by atoms with E-state index >= 15 is 0 Å². The molecule has 0 heterocycles. The monoisotopic (exact) mass is 486 g/mol. The first kappa shape index (κ1) is 25.3. The third-order valence-electron chi connectivity index (χ3n) is 12.9. The molecule has 5 nitrogen and oxygen atoms in total. The molecule has 5 aliphatic rings. The van der Waals surface area contributed by atoms with Crippen molar-refractivity contribution in [3.05, 3.63) is 11.6 Å². The van der Waals surface area contributed by atoms with Crippen molar-refractivity contribution >= 4 is 11.9 Å². The molecule has 0 spiro atoms. The molecule has 0 bridgehead atoms. The summed E-state index contributed by atoms with van der Waals surface area (Å²) in [6, 6.07) is 0. The Morgan fingerprint density at radius 3 is 2.11 bits per heavy atom. The van der Waals surface area contributed by atoms with Crippen LogP contribution in [0.15, 0.2) is 11.6 Å². The molecule has 4 saturated carbocycles. The summed E-state index contributed by atoms with van der Waals surface area (Å²) in [5, 5.41) is 32.4. The standard InChI is InChI=1S/C30H46O5/c1-25(2)13-14-29(23(32)33)15-16-30(24(34)35)18(19(29)17-25)7-8-21-27(5)11-10-22(31)26(3,4)20(27)9-12-28(21,30)6/h7,19-22,31H,8-17H2,1-6H3,(H,32,33)(H,34,35)/t19-,20+,21-,22-,27-,28+,29-,30+/m0/s1. The molecular formula is C30H46O5. The number of allylic oxidation sites excluding steroid dienone is 1. The Morgan fingerprint density at radius 2 is 1.49 bits per heavy atom. The zero-order chi connectivity index (χ0) is 25.8. The number of fused-ring (bicyclic) bond motifs is 7. The zero-order valence-electron chi connectivity index (χ0n) is 22.6. The first-order chi connectivity index (χ1) is 16.1. The Hall–Kier alpha value is -1.36. The maximum Gasteiger partial charge on any atom is 0.314 e. The third-order valence-corrected chi connectivity index (χ3v) is 12.9. The maximum absolute atomic E-state index is 13.5. The number of carbonyl (C=O) groups is 2. The molecule has 5 heteroatoms. The van der Waals surface area contributed by atoms with Crippen LogP contribution in [0.2, 0.25) is 0 Å². The lowest BCUT2D eigenvalue weighted by atomic mass is 9.33. The molecule has 0 aromatic carbocycles. The fourth-order valence-electron chi connectivity index (χ4n) is 10.7. The number of carboxylic acid groups (broad SMARTS) is 2. The number of hydrogen-bond acceptors (Lipinski definition) is 3. The minimum absolute atomic E-state index is 0.0109. The second-order valence-electron chi connectivity index (χ2n) is 14.9. The van der Waals surface area contributed by atoms with Crippen molar-refractivity contribution in [2.45, 2.75) is 112 Å². The van der Waals surface area contributed by atoms with Crippen LogP contribution >= 0.6 is 0 Å². The fraction of sp³-hybridized carbons (Fsp3) is 0.867. The molecule has 0 saturated heterocycles. The highest BCUT2D eigenvalue weighted by Crippen LogP contribution is 2.75. The van der Waals surface area contributed by atoms with E-state index in [0.717, 1.165) is 50.5 Å². The summed E-state index contributed by atoms with van der Waals surface area (Å²) in [5.74, 6) is -1.11.